The molecule has 0 aliphatic carbocycles. The fourth-order valence-electron chi connectivity index (χ4n) is 0.347. The van der Waals surface area contributed by atoms with Crippen molar-refractivity contribution in [3.05, 3.63) is 11.9 Å². The molecule has 0 aromatic rings. The zero-order valence-electron chi connectivity index (χ0n) is 4.20. The van der Waals surface area contributed by atoms with E-state index in [-0.39, 0.29) is 0 Å². The van der Waals surface area contributed by atoms with E-state index in [1.54, 1.807) is 6.08 Å². The van der Waals surface area contributed by atoms with Crippen molar-refractivity contribution < 1.29 is 0 Å². The third kappa shape index (κ3) is 0.710. The lowest BCUT2D eigenvalue weighted by Crippen LogP contribution is -2.44. The van der Waals surface area contributed by atoms with E-state index in [9.17, 15) is 0 Å². The van der Waals surface area contributed by atoms with Gasteiger partial charge in [0.2, 0.25) is 0 Å². The molecule has 0 unspecified atom stereocenters. The Morgan fingerprint density at radius 3 is 2.88 bits per heavy atom. The summed E-state index contributed by atoms with van der Waals surface area (Å²) in [4.78, 5) is 0. The molecule has 0 aromatic carbocycles. The molecule has 0 aromatic heterocycles. The molecule has 1 aliphatic rings. The van der Waals surface area contributed by atoms with Crippen LogP contribution in [0.1, 0.15) is 0 Å². The van der Waals surface area contributed by atoms with E-state index in [1.165, 1.54) is 6.21 Å². The Kier molecular flexibility index (Phi) is 1.05. The number of hydrogen-bond acceptors (Lipinski definition) is 5. The fourth-order valence-corrected chi connectivity index (χ4v) is 0.347. The fraction of sp³-hybridized carbons (Fsp3) is 0. The van der Waals surface area contributed by atoms with Gasteiger partial charge in [0, 0.05) is 6.08 Å². The largest absolute Gasteiger partial charge is 0.383 e. The SMILES string of the molecule is NC1=CC=NNN1N. The lowest BCUT2D eigenvalue weighted by atomic mass is 10.6. The van der Waals surface area contributed by atoms with Gasteiger partial charge in [-0.15, -0.1) is 0 Å². The van der Waals surface area contributed by atoms with Gasteiger partial charge in [0.05, 0.1) is 6.21 Å². The maximum Gasteiger partial charge on any atom is 0.138 e. The summed E-state index contributed by atoms with van der Waals surface area (Å²) in [7, 11) is 0. The molecule has 1 aliphatic heterocycles. The van der Waals surface area contributed by atoms with Crippen LogP contribution in [0.3, 0.4) is 0 Å². The molecule has 0 saturated heterocycles. The van der Waals surface area contributed by atoms with Crippen LogP contribution < -0.4 is 17.1 Å². The molecular formula is C3H7N5. The average molecular weight is 113 g/mol. The van der Waals surface area contributed by atoms with Crippen LogP contribution in [0, 0.1) is 0 Å². The van der Waals surface area contributed by atoms with Crippen LogP contribution in [-0.2, 0) is 0 Å². The number of nitrogens with one attached hydrogen (secondary N) is 1. The first-order valence-electron chi connectivity index (χ1n) is 2.10. The monoisotopic (exact) mass is 113 g/mol. The molecule has 0 radical (unpaired) electrons. The summed E-state index contributed by atoms with van der Waals surface area (Å²) in [6, 6.07) is 0. The van der Waals surface area contributed by atoms with Gasteiger partial charge in [0.1, 0.15) is 5.82 Å². The van der Waals surface area contributed by atoms with E-state index in [2.05, 4.69) is 10.6 Å². The highest BCUT2D eigenvalue weighted by molar-refractivity contribution is 5.72. The van der Waals surface area contributed by atoms with E-state index >= 15 is 0 Å². The van der Waals surface area contributed by atoms with Crippen molar-refractivity contribution in [2.24, 2.45) is 16.7 Å². The van der Waals surface area contributed by atoms with Crippen LogP contribution in [0.15, 0.2) is 17.0 Å². The second kappa shape index (κ2) is 1.71. The van der Waals surface area contributed by atoms with Crippen LogP contribution in [-0.4, -0.2) is 11.3 Å². The summed E-state index contributed by atoms with van der Waals surface area (Å²) in [6.45, 7) is 0. The second-order valence-corrected chi connectivity index (χ2v) is 1.34. The van der Waals surface area contributed by atoms with Gasteiger partial charge < -0.3 is 5.73 Å². The maximum absolute atomic E-state index is 5.29. The highest BCUT2D eigenvalue weighted by Crippen LogP contribution is 1.86. The molecule has 0 spiro atoms. The van der Waals surface area contributed by atoms with Crippen molar-refractivity contribution in [1.29, 1.82) is 0 Å². The van der Waals surface area contributed by atoms with Crippen molar-refractivity contribution in [3.63, 3.8) is 0 Å². The average Bonchev–Trinajstić information content (AvgIpc) is 1.77. The van der Waals surface area contributed by atoms with Gasteiger partial charge in [-0.25, -0.2) is 11.4 Å². The Morgan fingerprint density at radius 2 is 2.50 bits per heavy atom. The molecule has 0 fully saturated rings. The Morgan fingerprint density at radius 1 is 1.75 bits per heavy atom. The third-order valence-electron chi connectivity index (χ3n) is 0.763. The summed E-state index contributed by atoms with van der Waals surface area (Å²) in [5.41, 5.74) is 7.71. The van der Waals surface area contributed by atoms with Crippen LogP contribution in [0.4, 0.5) is 0 Å². The number of nitrogens with two attached hydrogens (primary N) is 2. The number of hydrazine groups is 2. The minimum atomic E-state index is 0.444. The first-order valence-corrected chi connectivity index (χ1v) is 2.10. The Hall–Kier alpha value is -1.23. The molecule has 5 nitrogen and oxygen atoms in total. The summed E-state index contributed by atoms with van der Waals surface area (Å²) in [6.07, 6.45) is 3.12. The van der Waals surface area contributed by atoms with E-state index in [1.807, 2.05) is 0 Å². The van der Waals surface area contributed by atoms with Crippen LogP contribution in [0.5, 0.6) is 0 Å². The maximum atomic E-state index is 5.29. The van der Waals surface area contributed by atoms with E-state index in [4.69, 9.17) is 11.6 Å². The first-order chi connectivity index (χ1) is 3.80. The van der Waals surface area contributed by atoms with Gasteiger partial charge in [-0.2, -0.15) is 10.2 Å². The molecule has 5 N–H and O–H groups in total. The number of hydrazone groups is 1. The Bertz CT molecular complexity index is 137. The first kappa shape index (κ1) is 4.92. The lowest BCUT2D eigenvalue weighted by molar-refractivity contribution is 0.253. The standard InChI is InChI=1S/C3H7N5/c4-3-1-2-6-7-8(3)5/h1-2,7H,4-5H2. The molecule has 44 valence electrons. The lowest BCUT2D eigenvalue weighted by Gasteiger charge is -2.18. The van der Waals surface area contributed by atoms with Crippen molar-refractivity contribution in [1.82, 2.24) is 10.7 Å². The normalized spacial score (nSPS) is 17.6. The van der Waals surface area contributed by atoms with E-state index in [0.29, 0.717) is 5.82 Å². The molecule has 0 bridgehead atoms. The quantitative estimate of drug-likeness (QED) is 0.333. The molecular weight excluding hydrogens is 106 g/mol. The highest BCUT2D eigenvalue weighted by Gasteiger charge is 1.98. The minimum absolute atomic E-state index is 0.444. The van der Waals surface area contributed by atoms with Gasteiger partial charge >= 0.3 is 0 Å². The zero-order valence-corrected chi connectivity index (χ0v) is 4.20. The van der Waals surface area contributed by atoms with Gasteiger partial charge in [-0.05, 0) is 0 Å². The van der Waals surface area contributed by atoms with Gasteiger partial charge in [0.25, 0.3) is 0 Å². The second-order valence-electron chi connectivity index (χ2n) is 1.34. The minimum Gasteiger partial charge on any atom is -0.383 e. The molecule has 0 amide bonds. The summed E-state index contributed by atoms with van der Waals surface area (Å²) < 4.78 is 0. The predicted molar refractivity (Wildman–Crippen MR) is 29.9 cm³/mol. The summed E-state index contributed by atoms with van der Waals surface area (Å²) in [5, 5.41) is 4.70. The Balaban J connectivity index is 2.66. The number of hydrogen-bond donors (Lipinski definition) is 3. The predicted octanol–water partition coefficient (Wildman–Crippen LogP) is -1.53. The third-order valence-corrected chi connectivity index (χ3v) is 0.763. The molecule has 5 heteroatoms. The number of allylic oxidation sites excluding steroid dienone is 1. The zero-order chi connectivity index (χ0) is 5.98. The van der Waals surface area contributed by atoms with Crippen molar-refractivity contribution in [3.8, 4) is 0 Å². The molecule has 0 atom stereocenters. The van der Waals surface area contributed by atoms with Crippen molar-refractivity contribution in [2.45, 2.75) is 0 Å². The van der Waals surface area contributed by atoms with Gasteiger partial charge in [0.15, 0.2) is 0 Å². The van der Waals surface area contributed by atoms with Crippen molar-refractivity contribution in [2.75, 3.05) is 0 Å². The summed E-state index contributed by atoms with van der Waals surface area (Å²) >= 11 is 0. The molecule has 1 heterocycles. The smallest absolute Gasteiger partial charge is 0.138 e. The summed E-state index contributed by atoms with van der Waals surface area (Å²) in [5.74, 6) is 5.64. The van der Waals surface area contributed by atoms with E-state index in [0.717, 1.165) is 5.12 Å². The number of nitrogens with zero attached hydrogens (tertiary/aromatic N) is 2. The van der Waals surface area contributed by atoms with Crippen LogP contribution >= 0.6 is 0 Å². The Labute approximate surface area is 46.6 Å². The van der Waals surface area contributed by atoms with Crippen molar-refractivity contribution >= 4 is 6.21 Å². The topological polar surface area (TPSA) is 79.7 Å². The van der Waals surface area contributed by atoms with Crippen LogP contribution in [0.2, 0.25) is 0 Å². The van der Waals surface area contributed by atoms with E-state index < -0.39 is 0 Å². The molecule has 1 rings (SSSR count). The molecule has 0 saturated carbocycles. The van der Waals surface area contributed by atoms with Gasteiger partial charge in [-0.1, -0.05) is 0 Å². The molecule has 8 heavy (non-hydrogen) atoms. The number of rotatable bonds is 0. The highest BCUT2D eigenvalue weighted by atomic mass is 15.8. The van der Waals surface area contributed by atoms with Gasteiger partial charge in [-0.3, -0.25) is 0 Å². The van der Waals surface area contributed by atoms with Crippen LogP contribution in [0.25, 0.3) is 0 Å².